The van der Waals surface area contributed by atoms with E-state index in [-0.39, 0.29) is 18.3 Å². The Bertz CT molecular complexity index is 554. The molecule has 0 unspecified atom stereocenters. The van der Waals surface area contributed by atoms with Gasteiger partial charge in [0.05, 0.1) is 6.10 Å². The number of rotatable bonds is 5. The van der Waals surface area contributed by atoms with Crippen LogP contribution in [-0.2, 0) is 4.74 Å². The van der Waals surface area contributed by atoms with Crippen LogP contribution in [-0.4, -0.2) is 46.5 Å². The number of aromatic amines is 2. The zero-order valence-corrected chi connectivity index (χ0v) is 11.7. The maximum absolute atomic E-state index is 12.2. The number of nitrogens with zero attached hydrogens (tertiary/aromatic N) is 1. The molecule has 1 amide bonds. The molecule has 3 N–H and O–H groups in total. The van der Waals surface area contributed by atoms with E-state index in [0.29, 0.717) is 12.8 Å². The minimum absolute atomic E-state index is 0.159. The number of hydrogen-bond donors (Lipinski definition) is 3. The Labute approximate surface area is 123 Å². The molecule has 1 saturated carbocycles. The molecule has 0 radical (unpaired) electrons. The molecule has 2 atom stereocenters. The van der Waals surface area contributed by atoms with E-state index in [1.54, 1.807) is 0 Å². The molecule has 124 valence electrons. The van der Waals surface area contributed by atoms with Crippen molar-refractivity contribution in [1.29, 1.82) is 0 Å². The molecular weight excluding hydrogens is 305 g/mol. The fraction of sp³-hybridized carbons (Fsp3) is 0.750. The molecule has 1 aromatic heterocycles. The number of halogens is 3. The summed E-state index contributed by atoms with van der Waals surface area (Å²) in [5.74, 6) is -0.933. The van der Waals surface area contributed by atoms with Crippen molar-refractivity contribution in [2.75, 3.05) is 13.2 Å². The third-order valence-electron chi connectivity index (χ3n) is 3.54. The van der Waals surface area contributed by atoms with E-state index >= 15 is 0 Å². The number of nitrogens with one attached hydrogen (secondary N) is 3. The largest absolute Gasteiger partial charge is 0.411 e. The fourth-order valence-corrected chi connectivity index (χ4v) is 2.51. The van der Waals surface area contributed by atoms with Crippen molar-refractivity contribution in [2.45, 2.75) is 38.0 Å². The maximum Gasteiger partial charge on any atom is 0.411 e. The van der Waals surface area contributed by atoms with E-state index in [0.717, 1.165) is 12.8 Å². The highest BCUT2D eigenvalue weighted by atomic mass is 19.4. The van der Waals surface area contributed by atoms with E-state index in [1.807, 2.05) is 0 Å². The average molecular weight is 322 g/mol. The first kappa shape index (κ1) is 16.5. The molecule has 1 aliphatic rings. The number of ether oxygens (including phenoxy) is 1. The summed E-state index contributed by atoms with van der Waals surface area (Å²) in [5.41, 5.74) is -0.603. The zero-order chi connectivity index (χ0) is 16.2. The minimum Gasteiger partial charge on any atom is -0.368 e. The highest BCUT2D eigenvalue weighted by Gasteiger charge is 2.33. The molecule has 1 heterocycles. The van der Waals surface area contributed by atoms with Crippen molar-refractivity contribution >= 4 is 5.91 Å². The van der Waals surface area contributed by atoms with Crippen molar-refractivity contribution in [2.24, 2.45) is 5.92 Å². The SMILES string of the molecule is O=C(NC[C@H]1CCCC[C@H]1OCC(F)(F)F)c1n[nH]c(=O)[nH]1. The Morgan fingerprint density at radius 3 is 2.73 bits per heavy atom. The Balaban J connectivity index is 1.85. The lowest BCUT2D eigenvalue weighted by Gasteiger charge is -2.31. The van der Waals surface area contributed by atoms with Gasteiger partial charge in [-0.2, -0.15) is 13.2 Å². The lowest BCUT2D eigenvalue weighted by molar-refractivity contribution is -0.193. The molecule has 1 aliphatic carbocycles. The monoisotopic (exact) mass is 322 g/mol. The maximum atomic E-state index is 12.2. The van der Waals surface area contributed by atoms with Gasteiger partial charge in [-0.25, -0.2) is 9.89 Å². The third kappa shape index (κ3) is 4.86. The van der Waals surface area contributed by atoms with Crippen LogP contribution in [0.1, 0.15) is 36.3 Å². The van der Waals surface area contributed by atoms with Gasteiger partial charge in [-0.1, -0.05) is 12.8 Å². The van der Waals surface area contributed by atoms with Gasteiger partial charge < -0.3 is 10.1 Å². The van der Waals surface area contributed by atoms with Crippen LogP contribution < -0.4 is 11.0 Å². The summed E-state index contributed by atoms with van der Waals surface area (Å²) >= 11 is 0. The zero-order valence-electron chi connectivity index (χ0n) is 11.7. The van der Waals surface area contributed by atoms with Gasteiger partial charge in [0.15, 0.2) is 0 Å². The fourth-order valence-electron chi connectivity index (χ4n) is 2.51. The van der Waals surface area contributed by atoms with Crippen LogP contribution >= 0.6 is 0 Å². The first-order chi connectivity index (χ1) is 10.3. The smallest absolute Gasteiger partial charge is 0.368 e. The van der Waals surface area contributed by atoms with Crippen molar-refractivity contribution in [3.63, 3.8) is 0 Å². The van der Waals surface area contributed by atoms with E-state index in [4.69, 9.17) is 4.74 Å². The molecule has 1 aromatic rings. The number of alkyl halides is 3. The number of amides is 1. The topological polar surface area (TPSA) is 99.9 Å². The molecule has 7 nitrogen and oxygen atoms in total. The van der Waals surface area contributed by atoms with Crippen LogP contribution in [0.2, 0.25) is 0 Å². The van der Waals surface area contributed by atoms with Gasteiger partial charge in [0, 0.05) is 12.5 Å². The number of aromatic nitrogens is 3. The van der Waals surface area contributed by atoms with E-state index in [2.05, 4.69) is 20.5 Å². The van der Waals surface area contributed by atoms with Gasteiger partial charge in [-0.05, 0) is 12.8 Å². The molecule has 0 spiro atoms. The molecule has 0 aliphatic heterocycles. The second-order valence-electron chi connectivity index (χ2n) is 5.25. The van der Waals surface area contributed by atoms with E-state index < -0.39 is 30.5 Å². The van der Waals surface area contributed by atoms with Crippen molar-refractivity contribution in [1.82, 2.24) is 20.5 Å². The number of carbonyl (C=O) groups is 1. The molecular formula is C12H17F3N4O3. The van der Waals surface area contributed by atoms with Gasteiger partial charge >= 0.3 is 11.9 Å². The second kappa shape index (κ2) is 6.95. The van der Waals surface area contributed by atoms with Crippen LogP contribution in [0.3, 0.4) is 0 Å². The Morgan fingerprint density at radius 1 is 1.36 bits per heavy atom. The molecule has 22 heavy (non-hydrogen) atoms. The van der Waals surface area contributed by atoms with Crippen molar-refractivity contribution in [3.8, 4) is 0 Å². The van der Waals surface area contributed by atoms with E-state index in [1.165, 1.54) is 0 Å². The van der Waals surface area contributed by atoms with Crippen LogP contribution in [0.25, 0.3) is 0 Å². The van der Waals surface area contributed by atoms with Crippen LogP contribution in [0.15, 0.2) is 4.79 Å². The predicted octanol–water partition coefficient (Wildman–Crippen LogP) is 0.965. The molecule has 0 bridgehead atoms. The lowest BCUT2D eigenvalue weighted by Crippen LogP contribution is -2.39. The van der Waals surface area contributed by atoms with Crippen LogP contribution in [0.5, 0.6) is 0 Å². The highest BCUT2D eigenvalue weighted by molar-refractivity contribution is 5.90. The van der Waals surface area contributed by atoms with Crippen LogP contribution in [0, 0.1) is 5.92 Å². The number of hydrogen-bond acceptors (Lipinski definition) is 4. The summed E-state index contributed by atoms with van der Waals surface area (Å²) in [5, 5.41) is 8.10. The first-order valence-corrected chi connectivity index (χ1v) is 6.96. The normalized spacial score (nSPS) is 22.5. The predicted molar refractivity (Wildman–Crippen MR) is 69.3 cm³/mol. The number of carbonyl (C=O) groups excluding carboxylic acids is 1. The Hall–Kier alpha value is -1.84. The van der Waals surface area contributed by atoms with E-state index in [9.17, 15) is 22.8 Å². The van der Waals surface area contributed by atoms with Crippen molar-refractivity contribution < 1.29 is 22.7 Å². The minimum atomic E-state index is -4.36. The van der Waals surface area contributed by atoms with Gasteiger partial charge in [0.1, 0.15) is 6.61 Å². The van der Waals surface area contributed by atoms with Gasteiger partial charge in [0.2, 0.25) is 5.82 Å². The van der Waals surface area contributed by atoms with Gasteiger partial charge in [0.25, 0.3) is 5.91 Å². The first-order valence-electron chi connectivity index (χ1n) is 6.96. The van der Waals surface area contributed by atoms with Crippen molar-refractivity contribution in [3.05, 3.63) is 16.3 Å². The van der Waals surface area contributed by atoms with Gasteiger partial charge in [-0.15, -0.1) is 5.10 Å². The van der Waals surface area contributed by atoms with Crippen LogP contribution in [0.4, 0.5) is 13.2 Å². The second-order valence-corrected chi connectivity index (χ2v) is 5.25. The Kier molecular flexibility index (Phi) is 5.22. The number of H-pyrrole nitrogens is 2. The average Bonchev–Trinajstić information content (AvgIpc) is 2.89. The molecule has 1 fully saturated rings. The Morgan fingerprint density at radius 2 is 2.09 bits per heavy atom. The molecule has 0 saturated heterocycles. The molecule has 0 aromatic carbocycles. The summed E-state index contributed by atoms with van der Waals surface area (Å²) in [7, 11) is 0. The quantitative estimate of drug-likeness (QED) is 0.752. The standard InChI is InChI=1S/C12H17F3N4O3/c13-12(14,15)6-22-8-4-2-1-3-7(8)5-16-10(20)9-17-11(21)19-18-9/h7-8H,1-6H2,(H,16,20)(H2,17,18,19,21)/t7-,8-/m1/s1. The summed E-state index contributed by atoms with van der Waals surface area (Å²) in [4.78, 5) is 24.8. The van der Waals surface area contributed by atoms with Gasteiger partial charge in [-0.3, -0.25) is 9.78 Å². The lowest BCUT2D eigenvalue weighted by atomic mass is 9.86. The molecule has 2 rings (SSSR count). The highest BCUT2D eigenvalue weighted by Crippen LogP contribution is 2.28. The summed E-state index contributed by atoms with van der Waals surface area (Å²) < 4.78 is 41.7. The summed E-state index contributed by atoms with van der Waals surface area (Å²) in [6, 6.07) is 0. The molecule has 10 heteroatoms. The summed E-state index contributed by atoms with van der Waals surface area (Å²) in [6.45, 7) is -1.11. The summed E-state index contributed by atoms with van der Waals surface area (Å²) in [6.07, 6.45) is -1.99. The third-order valence-corrected chi connectivity index (χ3v) is 3.54.